The fourth-order valence-electron chi connectivity index (χ4n) is 2.54. The molecule has 0 spiro atoms. The van der Waals surface area contributed by atoms with Gasteiger partial charge in [-0.25, -0.2) is 0 Å². The van der Waals surface area contributed by atoms with Gasteiger partial charge in [0.05, 0.1) is 0 Å². The third kappa shape index (κ3) is 2.79. The molecule has 0 radical (unpaired) electrons. The molecule has 2 aromatic rings. The van der Waals surface area contributed by atoms with Gasteiger partial charge in [0.1, 0.15) is 11.9 Å². The Kier molecular flexibility index (Phi) is 3.51. The van der Waals surface area contributed by atoms with Crippen LogP contribution in [0.5, 0.6) is 5.75 Å². The van der Waals surface area contributed by atoms with Crippen molar-refractivity contribution < 1.29 is 4.74 Å². The number of benzene rings is 2. The molecule has 0 bridgehead atoms. The first-order chi connectivity index (χ1) is 9.33. The Hall–Kier alpha value is -1.80. The Balaban J connectivity index is 1.55. The third-order valence-corrected chi connectivity index (χ3v) is 3.67. The first-order valence-electron chi connectivity index (χ1n) is 6.86. The van der Waals surface area contributed by atoms with E-state index in [4.69, 9.17) is 4.74 Å². The second-order valence-electron chi connectivity index (χ2n) is 5.09. The lowest BCUT2D eigenvalue weighted by Crippen LogP contribution is -2.31. The van der Waals surface area contributed by atoms with Gasteiger partial charge < -0.3 is 10.1 Å². The molecular weight excluding hydrogens is 234 g/mol. The van der Waals surface area contributed by atoms with Crippen LogP contribution in [0.25, 0.3) is 0 Å². The Labute approximate surface area is 114 Å². The first-order valence-corrected chi connectivity index (χ1v) is 6.86. The Morgan fingerprint density at radius 3 is 2.63 bits per heavy atom. The van der Waals surface area contributed by atoms with Gasteiger partial charge in [-0.3, -0.25) is 0 Å². The highest BCUT2D eigenvalue weighted by Gasteiger charge is 2.22. The highest BCUT2D eigenvalue weighted by atomic mass is 16.5. The summed E-state index contributed by atoms with van der Waals surface area (Å²) in [6, 6.07) is 19.2. The molecule has 1 aliphatic rings. The summed E-state index contributed by atoms with van der Waals surface area (Å²) in [5.41, 5.74) is 2.64. The average Bonchev–Trinajstić information content (AvgIpc) is 2.88. The third-order valence-electron chi connectivity index (χ3n) is 3.67. The van der Waals surface area contributed by atoms with E-state index in [1.807, 2.05) is 12.1 Å². The monoisotopic (exact) mass is 253 g/mol. The Bertz CT molecular complexity index is 513. The van der Waals surface area contributed by atoms with E-state index >= 15 is 0 Å². The fraction of sp³-hybridized carbons (Fsp3) is 0.294. The van der Waals surface area contributed by atoms with Crippen molar-refractivity contribution in [1.29, 1.82) is 0 Å². The molecule has 2 nitrogen and oxygen atoms in total. The van der Waals surface area contributed by atoms with Crippen molar-refractivity contribution in [1.82, 2.24) is 5.32 Å². The van der Waals surface area contributed by atoms with Crippen LogP contribution in [0.4, 0.5) is 0 Å². The molecular formula is C17H19NO. The maximum Gasteiger partial charge on any atom is 0.123 e. The van der Waals surface area contributed by atoms with E-state index in [-0.39, 0.29) is 6.10 Å². The van der Waals surface area contributed by atoms with Crippen molar-refractivity contribution in [3.8, 4) is 5.75 Å². The van der Waals surface area contributed by atoms with Crippen molar-refractivity contribution >= 4 is 0 Å². The van der Waals surface area contributed by atoms with E-state index in [2.05, 4.69) is 54.7 Å². The molecule has 2 heteroatoms. The van der Waals surface area contributed by atoms with E-state index in [0.717, 1.165) is 18.7 Å². The number of nitrogens with one attached hydrogen (secondary N) is 1. The van der Waals surface area contributed by atoms with Crippen molar-refractivity contribution in [3.63, 3.8) is 0 Å². The first kappa shape index (κ1) is 12.2. The summed E-state index contributed by atoms with van der Waals surface area (Å²) in [5.74, 6) is 1.04. The number of ether oxygens (including phenoxy) is 1. The standard InChI is InChI=1S/C17H19NO/c1-13(14-7-3-2-4-8-14)18-12-16-11-15-9-5-6-10-17(15)19-16/h2-10,13,16,18H,11-12H2,1H3/t13-,16?/m1/s1. The van der Waals surface area contributed by atoms with Crippen LogP contribution in [0.1, 0.15) is 24.1 Å². The molecule has 0 fully saturated rings. The summed E-state index contributed by atoms with van der Waals surface area (Å²) >= 11 is 0. The summed E-state index contributed by atoms with van der Waals surface area (Å²) < 4.78 is 5.93. The van der Waals surface area contributed by atoms with E-state index < -0.39 is 0 Å². The normalized spacial score (nSPS) is 18.7. The van der Waals surface area contributed by atoms with Gasteiger partial charge in [0.15, 0.2) is 0 Å². The minimum Gasteiger partial charge on any atom is -0.488 e. The fourth-order valence-corrected chi connectivity index (χ4v) is 2.54. The van der Waals surface area contributed by atoms with Crippen molar-refractivity contribution in [2.24, 2.45) is 0 Å². The minimum atomic E-state index is 0.253. The van der Waals surface area contributed by atoms with Crippen LogP contribution in [0, 0.1) is 0 Å². The molecule has 2 atom stereocenters. The van der Waals surface area contributed by atoms with Crippen LogP contribution in [0.2, 0.25) is 0 Å². The quantitative estimate of drug-likeness (QED) is 0.902. The van der Waals surface area contributed by atoms with Gasteiger partial charge in [0.2, 0.25) is 0 Å². The van der Waals surface area contributed by atoms with Crippen LogP contribution in [-0.2, 0) is 6.42 Å². The van der Waals surface area contributed by atoms with Gasteiger partial charge in [0.25, 0.3) is 0 Å². The molecule has 0 aliphatic carbocycles. The van der Waals surface area contributed by atoms with E-state index in [9.17, 15) is 0 Å². The lowest BCUT2D eigenvalue weighted by molar-refractivity contribution is 0.222. The van der Waals surface area contributed by atoms with Crippen LogP contribution in [0.3, 0.4) is 0 Å². The molecule has 0 saturated heterocycles. The second-order valence-corrected chi connectivity index (χ2v) is 5.09. The molecule has 2 aromatic carbocycles. The average molecular weight is 253 g/mol. The summed E-state index contributed by atoms with van der Waals surface area (Å²) in [4.78, 5) is 0. The van der Waals surface area contributed by atoms with Crippen LogP contribution < -0.4 is 10.1 Å². The summed E-state index contributed by atoms with van der Waals surface area (Å²) in [6.45, 7) is 3.07. The molecule has 0 amide bonds. The van der Waals surface area contributed by atoms with Gasteiger partial charge in [-0.2, -0.15) is 0 Å². The van der Waals surface area contributed by atoms with Gasteiger partial charge in [-0.15, -0.1) is 0 Å². The molecule has 1 aliphatic heterocycles. The predicted octanol–water partition coefficient (Wildman–Crippen LogP) is 3.34. The lowest BCUT2D eigenvalue weighted by atomic mass is 10.1. The van der Waals surface area contributed by atoms with Gasteiger partial charge in [-0.05, 0) is 24.1 Å². The number of hydrogen-bond donors (Lipinski definition) is 1. The zero-order chi connectivity index (χ0) is 13.1. The largest absolute Gasteiger partial charge is 0.488 e. The SMILES string of the molecule is C[C@@H](NCC1Cc2ccccc2O1)c1ccccc1. The van der Waals surface area contributed by atoms with Crippen LogP contribution >= 0.6 is 0 Å². The number of fused-ring (bicyclic) bond motifs is 1. The molecule has 3 rings (SSSR count). The van der Waals surface area contributed by atoms with Gasteiger partial charge in [0, 0.05) is 19.0 Å². The molecule has 1 unspecified atom stereocenters. The molecule has 0 aromatic heterocycles. The topological polar surface area (TPSA) is 21.3 Å². The lowest BCUT2D eigenvalue weighted by Gasteiger charge is -2.17. The number of hydrogen-bond acceptors (Lipinski definition) is 2. The molecule has 1 heterocycles. The Morgan fingerprint density at radius 1 is 1.11 bits per heavy atom. The number of para-hydroxylation sites is 1. The van der Waals surface area contributed by atoms with E-state index in [1.165, 1.54) is 11.1 Å². The predicted molar refractivity (Wildman–Crippen MR) is 77.4 cm³/mol. The van der Waals surface area contributed by atoms with Crippen molar-refractivity contribution in [3.05, 3.63) is 65.7 Å². The van der Waals surface area contributed by atoms with Crippen molar-refractivity contribution in [2.75, 3.05) is 6.54 Å². The summed E-state index contributed by atoms with van der Waals surface area (Å²) in [6.07, 6.45) is 1.26. The maximum atomic E-state index is 5.93. The zero-order valence-corrected chi connectivity index (χ0v) is 11.2. The van der Waals surface area contributed by atoms with Gasteiger partial charge >= 0.3 is 0 Å². The van der Waals surface area contributed by atoms with E-state index in [1.54, 1.807) is 0 Å². The van der Waals surface area contributed by atoms with Crippen LogP contribution in [0.15, 0.2) is 54.6 Å². The van der Waals surface area contributed by atoms with E-state index in [0.29, 0.717) is 6.04 Å². The molecule has 0 saturated carbocycles. The van der Waals surface area contributed by atoms with Gasteiger partial charge in [-0.1, -0.05) is 48.5 Å². The highest BCUT2D eigenvalue weighted by molar-refractivity contribution is 5.37. The zero-order valence-electron chi connectivity index (χ0n) is 11.2. The summed E-state index contributed by atoms with van der Waals surface area (Å²) in [7, 11) is 0. The van der Waals surface area contributed by atoms with Crippen molar-refractivity contribution in [2.45, 2.75) is 25.5 Å². The highest BCUT2D eigenvalue weighted by Crippen LogP contribution is 2.28. The number of rotatable bonds is 4. The molecule has 19 heavy (non-hydrogen) atoms. The van der Waals surface area contributed by atoms with Crippen LogP contribution in [-0.4, -0.2) is 12.6 Å². The minimum absolute atomic E-state index is 0.253. The maximum absolute atomic E-state index is 5.93. The molecule has 98 valence electrons. The summed E-state index contributed by atoms with van der Waals surface area (Å²) in [5, 5.41) is 3.55. The molecule has 1 N–H and O–H groups in total. The Morgan fingerprint density at radius 2 is 1.84 bits per heavy atom. The second kappa shape index (κ2) is 5.45. The smallest absolute Gasteiger partial charge is 0.123 e.